The van der Waals surface area contributed by atoms with Gasteiger partial charge in [0, 0.05) is 38.9 Å². The van der Waals surface area contributed by atoms with Gasteiger partial charge in [0.1, 0.15) is 5.71 Å². The van der Waals surface area contributed by atoms with E-state index in [9.17, 15) is 14.4 Å². The largest absolute Gasteiger partial charge is 0.342 e. The van der Waals surface area contributed by atoms with Gasteiger partial charge in [-0.3, -0.25) is 19.4 Å². The average molecular weight is 372 g/mol. The Morgan fingerprint density at radius 1 is 1.19 bits per heavy atom. The van der Waals surface area contributed by atoms with E-state index in [0.717, 1.165) is 25.2 Å². The number of rotatable bonds is 2. The lowest BCUT2D eigenvalue weighted by atomic mass is 10.0. The molecular weight excluding hydrogens is 348 g/mol. The third-order valence-corrected chi connectivity index (χ3v) is 5.45. The number of nitrogens with zero attached hydrogens (tertiary/aromatic N) is 4. The van der Waals surface area contributed by atoms with Crippen molar-refractivity contribution in [3.05, 3.63) is 21.6 Å². The summed E-state index contributed by atoms with van der Waals surface area (Å²) in [7, 11) is 0. The molecule has 0 saturated carbocycles. The van der Waals surface area contributed by atoms with Crippen molar-refractivity contribution in [3.8, 4) is 0 Å². The lowest BCUT2D eigenvalue weighted by molar-refractivity contribution is -0.125. The molecule has 2 amide bonds. The van der Waals surface area contributed by atoms with E-state index in [4.69, 9.17) is 4.98 Å². The maximum atomic E-state index is 12.6. The van der Waals surface area contributed by atoms with Gasteiger partial charge in [-0.25, -0.2) is 10.4 Å². The van der Waals surface area contributed by atoms with Crippen LogP contribution in [0.5, 0.6) is 0 Å². The SMILES string of the molecule is C[C@@H]1CCCN(c2nc3c(c(=O)[nH]2)CN(C(=O)C2=NNC(=O)CC2)CC3)C1. The fourth-order valence-corrected chi connectivity index (χ4v) is 3.93. The van der Waals surface area contributed by atoms with Crippen molar-refractivity contribution in [1.82, 2.24) is 20.3 Å². The molecule has 4 rings (SSSR count). The van der Waals surface area contributed by atoms with Gasteiger partial charge in [-0.2, -0.15) is 5.10 Å². The third-order valence-electron chi connectivity index (χ3n) is 5.45. The molecule has 2 N–H and O–H groups in total. The third kappa shape index (κ3) is 3.58. The zero-order chi connectivity index (χ0) is 19.0. The molecule has 9 heteroatoms. The molecule has 27 heavy (non-hydrogen) atoms. The number of anilines is 1. The summed E-state index contributed by atoms with van der Waals surface area (Å²) < 4.78 is 0. The Morgan fingerprint density at radius 2 is 2.04 bits per heavy atom. The molecule has 0 bridgehead atoms. The molecule has 1 fully saturated rings. The predicted octanol–water partition coefficient (Wildman–Crippen LogP) is 0.157. The molecular formula is C18H24N6O3. The summed E-state index contributed by atoms with van der Waals surface area (Å²) >= 11 is 0. The van der Waals surface area contributed by atoms with Crippen molar-refractivity contribution in [2.45, 2.75) is 45.6 Å². The van der Waals surface area contributed by atoms with Crippen LogP contribution in [0.15, 0.2) is 9.90 Å². The van der Waals surface area contributed by atoms with E-state index in [0.29, 0.717) is 42.5 Å². The van der Waals surface area contributed by atoms with Crippen LogP contribution < -0.4 is 15.9 Å². The summed E-state index contributed by atoms with van der Waals surface area (Å²) in [4.78, 5) is 47.8. The Bertz CT molecular complexity index is 861. The van der Waals surface area contributed by atoms with Gasteiger partial charge in [-0.15, -0.1) is 0 Å². The van der Waals surface area contributed by atoms with Crippen LogP contribution in [0.4, 0.5) is 5.95 Å². The maximum absolute atomic E-state index is 12.6. The highest BCUT2D eigenvalue weighted by Gasteiger charge is 2.29. The van der Waals surface area contributed by atoms with Crippen LogP contribution in [0.3, 0.4) is 0 Å². The number of fused-ring (bicyclic) bond motifs is 1. The van der Waals surface area contributed by atoms with Gasteiger partial charge in [-0.1, -0.05) is 6.92 Å². The van der Waals surface area contributed by atoms with Gasteiger partial charge >= 0.3 is 0 Å². The summed E-state index contributed by atoms with van der Waals surface area (Å²) in [5.41, 5.74) is 3.82. The molecule has 1 atom stereocenters. The number of carbonyl (C=O) groups excluding carboxylic acids is 2. The summed E-state index contributed by atoms with van der Waals surface area (Å²) in [6.07, 6.45) is 3.43. The van der Waals surface area contributed by atoms with Crippen molar-refractivity contribution in [1.29, 1.82) is 0 Å². The van der Waals surface area contributed by atoms with E-state index < -0.39 is 0 Å². The average Bonchev–Trinajstić information content (AvgIpc) is 2.68. The molecule has 0 aliphatic carbocycles. The number of H-pyrrole nitrogens is 1. The number of amides is 2. The van der Waals surface area contributed by atoms with Crippen LogP contribution in [0.25, 0.3) is 0 Å². The molecule has 0 spiro atoms. The minimum atomic E-state index is -0.228. The van der Waals surface area contributed by atoms with Gasteiger partial charge in [0.05, 0.1) is 17.8 Å². The molecule has 1 aromatic heterocycles. The minimum Gasteiger partial charge on any atom is -0.342 e. The molecule has 3 aliphatic rings. The molecule has 9 nitrogen and oxygen atoms in total. The Kier molecular flexibility index (Phi) is 4.67. The van der Waals surface area contributed by atoms with Crippen molar-refractivity contribution in [2.24, 2.45) is 11.0 Å². The first-order valence-electron chi connectivity index (χ1n) is 9.53. The van der Waals surface area contributed by atoms with Crippen LogP contribution in [0, 0.1) is 5.92 Å². The highest BCUT2D eigenvalue weighted by Crippen LogP contribution is 2.22. The van der Waals surface area contributed by atoms with E-state index in [-0.39, 0.29) is 30.3 Å². The highest BCUT2D eigenvalue weighted by atomic mass is 16.2. The molecule has 0 aromatic carbocycles. The number of carbonyl (C=O) groups is 2. The number of hydrogen-bond donors (Lipinski definition) is 2. The van der Waals surface area contributed by atoms with Crippen molar-refractivity contribution in [2.75, 3.05) is 24.5 Å². The molecule has 4 heterocycles. The Balaban J connectivity index is 1.52. The van der Waals surface area contributed by atoms with Crippen molar-refractivity contribution < 1.29 is 9.59 Å². The standard InChI is InChI=1S/C18H24N6O3/c1-11-3-2-7-24(9-11)18-19-13-6-8-23(10-12(13)16(26)20-18)17(27)14-4-5-15(25)22-21-14/h11H,2-10H2,1H3,(H,22,25)(H,19,20,26)/t11-/m1/s1. The number of aromatic amines is 1. The van der Waals surface area contributed by atoms with Gasteiger partial charge in [0.25, 0.3) is 11.5 Å². The number of hydrazone groups is 1. The van der Waals surface area contributed by atoms with E-state index in [1.54, 1.807) is 4.90 Å². The second-order valence-corrected chi connectivity index (χ2v) is 7.58. The van der Waals surface area contributed by atoms with Crippen molar-refractivity contribution >= 4 is 23.5 Å². The topological polar surface area (TPSA) is 111 Å². The maximum Gasteiger partial charge on any atom is 0.270 e. The second kappa shape index (κ2) is 7.13. The molecule has 3 aliphatic heterocycles. The number of hydrogen-bond acceptors (Lipinski definition) is 6. The van der Waals surface area contributed by atoms with Crippen LogP contribution in [-0.4, -0.2) is 52.0 Å². The van der Waals surface area contributed by atoms with Crippen LogP contribution in [0.2, 0.25) is 0 Å². The van der Waals surface area contributed by atoms with E-state index >= 15 is 0 Å². The minimum absolute atomic E-state index is 0.176. The molecule has 1 saturated heterocycles. The van der Waals surface area contributed by atoms with E-state index in [1.807, 2.05) is 0 Å². The van der Waals surface area contributed by atoms with Gasteiger partial charge in [0.2, 0.25) is 11.9 Å². The monoisotopic (exact) mass is 372 g/mol. The van der Waals surface area contributed by atoms with E-state index in [1.165, 1.54) is 6.42 Å². The van der Waals surface area contributed by atoms with Gasteiger partial charge in [-0.05, 0) is 18.8 Å². The summed E-state index contributed by atoms with van der Waals surface area (Å²) in [6, 6.07) is 0. The normalized spacial score (nSPS) is 22.8. The van der Waals surface area contributed by atoms with Gasteiger partial charge < -0.3 is 9.80 Å². The zero-order valence-corrected chi connectivity index (χ0v) is 15.5. The number of nitrogens with one attached hydrogen (secondary N) is 2. The van der Waals surface area contributed by atoms with Crippen LogP contribution >= 0.6 is 0 Å². The lowest BCUT2D eigenvalue weighted by Crippen LogP contribution is -2.45. The molecule has 1 aromatic rings. The first kappa shape index (κ1) is 17.7. The van der Waals surface area contributed by atoms with Crippen molar-refractivity contribution in [3.63, 3.8) is 0 Å². The Morgan fingerprint density at radius 3 is 2.78 bits per heavy atom. The molecule has 0 radical (unpaired) electrons. The summed E-state index contributed by atoms with van der Waals surface area (Å²) in [5, 5.41) is 3.86. The lowest BCUT2D eigenvalue weighted by Gasteiger charge is -2.33. The quantitative estimate of drug-likeness (QED) is 0.768. The first-order valence-corrected chi connectivity index (χ1v) is 9.53. The highest BCUT2D eigenvalue weighted by molar-refractivity contribution is 6.39. The Hall–Kier alpha value is -2.71. The second-order valence-electron chi connectivity index (χ2n) is 7.58. The summed E-state index contributed by atoms with van der Waals surface area (Å²) in [6.45, 7) is 4.73. The zero-order valence-electron chi connectivity index (χ0n) is 15.5. The number of aromatic nitrogens is 2. The van der Waals surface area contributed by atoms with Gasteiger partial charge in [0.15, 0.2) is 0 Å². The fraction of sp³-hybridized carbons (Fsp3) is 0.611. The molecule has 144 valence electrons. The predicted molar refractivity (Wildman–Crippen MR) is 99.4 cm³/mol. The first-order chi connectivity index (χ1) is 13.0. The van der Waals surface area contributed by atoms with Crippen LogP contribution in [0.1, 0.15) is 43.9 Å². The molecule has 0 unspecified atom stereocenters. The van der Waals surface area contributed by atoms with E-state index in [2.05, 4.69) is 27.3 Å². The fourth-order valence-electron chi connectivity index (χ4n) is 3.93. The summed E-state index contributed by atoms with van der Waals surface area (Å²) in [5.74, 6) is 0.819. The van der Waals surface area contributed by atoms with Crippen LogP contribution in [-0.2, 0) is 22.6 Å². The smallest absolute Gasteiger partial charge is 0.270 e. The Labute approximate surface area is 156 Å². The number of piperidine rings is 1.